The second-order valence-corrected chi connectivity index (χ2v) is 5.43. The second-order valence-electron chi connectivity index (χ2n) is 5.43. The summed E-state index contributed by atoms with van der Waals surface area (Å²) in [6.07, 6.45) is -2.21. The lowest BCUT2D eigenvalue weighted by molar-refractivity contribution is -0.119. The van der Waals surface area contributed by atoms with E-state index >= 15 is 0 Å². The molecule has 128 valence electrons. The number of aliphatic hydroxyl groups is 2. The van der Waals surface area contributed by atoms with E-state index in [-0.39, 0.29) is 18.3 Å². The number of aliphatic hydroxyl groups excluding tert-OH is 2. The number of rotatable bonds is 7. The molecule has 2 unspecified atom stereocenters. The minimum Gasteiger partial charge on any atom is -0.489 e. The van der Waals surface area contributed by atoms with Crippen LogP contribution < -0.4 is 10.1 Å². The van der Waals surface area contributed by atoms with Crippen LogP contribution in [0.3, 0.4) is 0 Å². The van der Waals surface area contributed by atoms with Crippen LogP contribution in [0.1, 0.15) is 24.2 Å². The van der Waals surface area contributed by atoms with Crippen LogP contribution in [0, 0.1) is 5.82 Å². The molecule has 0 saturated heterocycles. The summed E-state index contributed by atoms with van der Waals surface area (Å²) in [6, 6.07) is 12.7. The number of hydrogen-bond donors (Lipinski definition) is 3. The summed E-state index contributed by atoms with van der Waals surface area (Å²) in [4.78, 5) is 10.8. The molecule has 1 amide bonds. The average molecular weight is 333 g/mol. The van der Waals surface area contributed by atoms with Gasteiger partial charge in [-0.2, -0.15) is 0 Å². The first-order valence-electron chi connectivity index (χ1n) is 7.53. The van der Waals surface area contributed by atoms with Gasteiger partial charge in [-0.1, -0.05) is 24.3 Å². The molecule has 5 nitrogen and oxygen atoms in total. The minimum atomic E-state index is -1.11. The molecule has 0 aromatic heterocycles. The van der Waals surface area contributed by atoms with Crippen LogP contribution in [0.4, 0.5) is 4.39 Å². The maximum absolute atomic E-state index is 12.8. The number of amides is 1. The molecule has 2 aromatic carbocycles. The Bertz CT molecular complexity index is 658. The molecule has 3 N–H and O–H groups in total. The van der Waals surface area contributed by atoms with Crippen molar-refractivity contribution in [1.29, 1.82) is 0 Å². The number of nitrogens with one attached hydrogen (secondary N) is 1. The molecular weight excluding hydrogens is 313 g/mol. The summed E-state index contributed by atoms with van der Waals surface area (Å²) < 4.78 is 18.4. The van der Waals surface area contributed by atoms with Crippen molar-refractivity contribution in [3.63, 3.8) is 0 Å². The summed E-state index contributed by atoms with van der Waals surface area (Å²) in [6.45, 7) is 1.61. The Morgan fingerprint density at radius 2 is 1.75 bits per heavy atom. The van der Waals surface area contributed by atoms with Gasteiger partial charge < -0.3 is 20.3 Å². The molecule has 0 bridgehead atoms. The molecule has 2 rings (SSSR count). The van der Waals surface area contributed by atoms with Crippen LogP contribution in [0.25, 0.3) is 0 Å². The highest BCUT2D eigenvalue weighted by Crippen LogP contribution is 2.21. The Balaban J connectivity index is 1.89. The van der Waals surface area contributed by atoms with Gasteiger partial charge in [0.2, 0.25) is 5.91 Å². The van der Waals surface area contributed by atoms with Gasteiger partial charge in [-0.25, -0.2) is 4.39 Å². The third-order valence-electron chi connectivity index (χ3n) is 3.46. The zero-order chi connectivity index (χ0) is 17.5. The Hall–Kier alpha value is -2.44. The molecule has 0 saturated carbocycles. The van der Waals surface area contributed by atoms with Crippen molar-refractivity contribution in [3.05, 3.63) is 65.5 Å². The number of benzene rings is 2. The zero-order valence-electron chi connectivity index (χ0n) is 13.3. The summed E-state index contributed by atoms with van der Waals surface area (Å²) >= 11 is 0. The molecule has 0 radical (unpaired) electrons. The monoisotopic (exact) mass is 333 g/mol. The van der Waals surface area contributed by atoms with Crippen molar-refractivity contribution in [1.82, 2.24) is 5.32 Å². The smallest absolute Gasteiger partial charge is 0.216 e. The molecule has 0 aliphatic heterocycles. The van der Waals surface area contributed by atoms with Gasteiger partial charge in [0.15, 0.2) is 0 Å². The van der Waals surface area contributed by atoms with Gasteiger partial charge in [0, 0.05) is 13.5 Å². The first-order valence-corrected chi connectivity index (χ1v) is 7.53. The quantitative estimate of drug-likeness (QED) is 0.723. The third kappa shape index (κ3) is 5.33. The van der Waals surface area contributed by atoms with Crippen molar-refractivity contribution in [3.8, 4) is 5.75 Å². The van der Waals surface area contributed by atoms with Crippen LogP contribution in [-0.4, -0.2) is 28.8 Å². The number of carbonyl (C=O) groups excluding carboxylic acids is 1. The van der Waals surface area contributed by atoms with E-state index in [0.29, 0.717) is 17.9 Å². The highest BCUT2D eigenvalue weighted by atomic mass is 19.1. The summed E-state index contributed by atoms with van der Waals surface area (Å²) in [5.41, 5.74) is 1.35. The topological polar surface area (TPSA) is 78.8 Å². The first-order chi connectivity index (χ1) is 11.5. The normalized spacial score (nSPS) is 13.2. The fourth-order valence-electron chi connectivity index (χ4n) is 2.09. The van der Waals surface area contributed by atoms with Crippen LogP contribution in [0.5, 0.6) is 5.75 Å². The molecule has 2 atom stereocenters. The van der Waals surface area contributed by atoms with Crippen molar-refractivity contribution in [2.75, 3.05) is 6.54 Å². The number of ether oxygens (including phenoxy) is 1. The molecule has 0 spiro atoms. The predicted molar refractivity (Wildman–Crippen MR) is 86.8 cm³/mol. The lowest BCUT2D eigenvalue weighted by Gasteiger charge is -2.18. The molecule has 0 fully saturated rings. The van der Waals surface area contributed by atoms with Gasteiger partial charge in [0.05, 0.1) is 0 Å². The number of halogens is 1. The summed E-state index contributed by atoms with van der Waals surface area (Å²) in [7, 11) is 0. The van der Waals surface area contributed by atoms with Gasteiger partial charge in [-0.05, 0) is 35.4 Å². The van der Waals surface area contributed by atoms with E-state index in [1.54, 1.807) is 36.4 Å². The van der Waals surface area contributed by atoms with Crippen molar-refractivity contribution in [2.45, 2.75) is 25.7 Å². The van der Waals surface area contributed by atoms with Crippen LogP contribution in [0.15, 0.2) is 48.5 Å². The van der Waals surface area contributed by atoms with E-state index in [1.807, 2.05) is 0 Å². The van der Waals surface area contributed by atoms with E-state index < -0.39 is 12.2 Å². The Morgan fingerprint density at radius 1 is 1.12 bits per heavy atom. The summed E-state index contributed by atoms with van der Waals surface area (Å²) in [5, 5.41) is 22.3. The fourth-order valence-corrected chi connectivity index (χ4v) is 2.09. The molecule has 24 heavy (non-hydrogen) atoms. The van der Waals surface area contributed by atoms with Gasteiger partial charge in [-0.3, -0.25) is 4.79 Å². The molecule has 2 aromatic rings. The maximum atomic E-state index is 12.8. The Labute approximate surface area is 139 Å². The minimum absolute atomic E-state index is 0.0285. The van der Waals surface area contributed by atoms with Crippen LogP contribution in [-0.2, 0) is 11.4 Å². The van der Waals surface area contributed by atoms with E-state index in [0.717, 1.165) is 5.56 Å². The van der Waals surface area contributed by atoms with Gasteiger partial charge in [-0.15, -0.1) is 0 Å². The van der Waals surface area contributed by atoms with E-state index in [9.17, 15) is 19.4 Å². The SMILES string of the molecule is CC(=O)NCC(O)C(O)c1ccc(OCc2ccc(F)cc2)cc1. The van der Waals surface area contributed by atoms with Gasteiger partial charge >= 0.3 is 0 Å². The van der Waals surface area contributed by atoms with Crippen LogP contribution in [0.2, 0.25) is 0 Å². The Kier molecular flexibility index (Phi) is 6.28. The lowest BCUT2D eigenvalue weighted by atomic mass is 10.0. The molecule has 0 aliphatic rings. The lowest BCUT2D eigenvalue weighted by Crippen LogP contribution is -2.34. The molecule has 6 heteroatoms. The van der Waals surface area contributed by atoms with Crippen molar-refractivity contribution >= 4 is 5.91 Å². The average Bonchev–Trinajstić information content (AvgIpc) is 2.59. The molecular formula is C18H20FNO4. The first kappa shape index (κ1) is 17.9. The number of hydrogen-bond acceptors (Lipinski definition) is 4. The molecule has 0 heterocycles. The van der Waals surface area contributed by atoms with E-state index in [2.05, 4.69) is 5.32 Å². The Morgan fingerprint density at radius 3 is 2.33 bits per heavy atom. The van der Waals surface area contributed by atoms with Gasteiger partial charge in [0.25, 0.3) is 0 Å². The van der Waals surface area contributed by atoms with Crippen molar-refractivity contribution in [2.24, 2.45) is 0 Å². The predicted octanol–water partition coefficient (Wildman–Crippen LogP) is 1.94. The maximum Gasteiger partial charge on any atom is 0.216 e. The van der Waals surface area contributed by atoms with Gasteiger partial charge in [0.1, 0.15) is 30.4 Å². The number of carbonyl (C=O) groups is 1. The third-order valence-corrected chi connectivity index (χ3v) is 3.46. The van der Waals surface area contributed by atoms with E-state index in [4.69, 9.17) is 4.74 Å². The van der Waals surface area contributed by atoms with E-state index in [1.165, 1.54) is 19.1 Å². The highest BCUT2D eigenvalue weighted by molar-refractivity contribution is 5.72. The second kappa shape index (κ2) is 8.42. The fraction of sp³-hybridized carbons (Fsp3) is 0.278. The van der Waals surface area contributed by atoms with Crippen LogP contribution >= 0.6 is 0 Å². The summed E-state index contributed by atoms with van der Waals surface area (Å²) in [5.74, 6) is 0.0207. The highest BCUT2D eigenvalue weighted by Gasteiger charge is 2.18. The standard InChI is InChI=1S/C18H20FNO4/c1-12(21)20-10-17(22)18(23)14-4-8-16(9-5-14)24-11-13-2-6-15(19)7-3-13/h2-9,17-18,22-23H,10-11H2,1H3,(H,20,21). The van der Waals surface area contributed by atoms with Crippen molar-refractivity contribution < 1.29 is 24.1 Å². The zero-order valence-corrected chi connectivity index (χ0v) is 13.3. The largest absolute Gasteiger partial charge is 0.489 e. The molecule has 0 aliphatic carbocycles.